The van der Waals surface area contributed by atoms with Crippen LogP contribution in [0.3, 0.4) is 0 Å². The summed E-state index contributed by atoms with van der Waals surface area (Å²) in [6, 6.07) is 0. The van der Waals surface area contributed by atoms with Gasteiger partial charge < -0.3 is 9.80 Å². The number of hydrogen-bond donors (Lipinski definition) is 0. The van der Waals surface area contributed by atoms with Gasteiger partial charge in [-0.15, -0.1) is 0 Å². The average molecular weight is 335 g/mol. The Morgan fingerprint density at radius 2 is 1.25 bits per heavy atom. The lowest BCUT2D eigenvalue weighted by Crippen LogP contribution is -2.51. The van der Waals surface area contributed by atoms with Gasteiger partial charge in [0.15, 0.2) is 0 Å². The molecule has 1 aliphatic carbocycles. The number of piperazine rings is 1. The minimum atomic E-state index is 0.164. The van der Waals surface area contributed by atoms with Crippen LogP contribution in [0.1, 0.15) is 45.4 Å². The van der Waals surface area contributed by atoms with Crippen LogP contribution in [0.5, 0.6) is 0 Å². The zero-order valence-corrected chi connectivity index (χ0v) is 15.2. The van der Waals surface area contributed by atoms with E-state index in [-0.39, 0.29) is 11.8 Å². The maximum absolute atomic E-state index is 12.7. The third-order valence-electron chi connectivity index (χ3n) is 6.27. The van der Waals surface area contributed by atoms with Crippen LogP contribution in [-0.4, -0.2) is 78.7 Å². The SMILES string of the molecule is CC(=O)[C@H]1CC[C@H](C(=O)N2CCN(CCN3CCCC3)CC2)CC1. The van der Waals surface area contributed by atoms with Crippen molar-refractivity contribution in [2.45, 2.75) is 45.4 Å². The first-order valence-corrected chi connectivity index (χ1v) is 9.87. The summed E-state index contributed by atoms with van der Waals surface area (Å²) in [6.45, 7) is 10.3. The van der Waals surface area contributed by atoms with Crippen LogP contribution in [0.15, 0.2) is 0 Å². The number of amides is 1. The van der Waals surface area contributed by atoms with Crippen molar-refractivity contribution in [1.29, 1.82) is 0 Å². The van der Waals surface area contributed by atoms with Crippen LogP contribution in [0.2, 0.25) is 0 Å². The van der Waals surface area contributed by atoms with Gasteiger partial charge in [0.2, 0.25) is 5.91 Å². The van der Waals surface area contributed by atoms with Crippen molar-refractivity contribution in [2.75, 3.05) is 52.4 Å². The Balaban J connectivity index is 1.36. The summed E-state index contributed by atoms with van der Waals surface area (Å²) in [4.78, 5) is 31.3. The first kappa shape index (κ1) is 17.9. The van der Waals surface area contributed by atoms with Crippen LogP contribution in [0.25, 0.3) is 0 Å². The summed E-state index contributed by atoms with van der Waals surface area (Å²) >= 11 is 0. The lowest BCUT2D eigenvalue weighted by atomic mass is 9.79. The molecule has 3 rings (SSSR count). The van der Waals surface area contributed by atoms with E-state index in [2.05, 4.69) is 14.7 Å². The minimum Gasteiger partial charge on any atom is -0.340 e. The molecule has 5 heteroatoms. The Kier molecular flexibility index (Phi) is 6.28. The standard InChI is InChI=1S/C19H33N3O2/c1-16(23)17-4-6-18(7-5-17)19(24)22-14-12-21(13-15-22)11-10-20-8-2-3-9-20/h17-18H,2-15H2,1H3/t17-,18-. The van der Waals surface area contributed by atoms with Gasteiger partial charge in [0.1, 0.15) is 5.78 Å². The summed E-state index contributed by atoms with van der Waals surface area (Å²) in [5.74, 6) is 1.01. The lowest BCUT2D eigenvalue weighted by Gasteiger charge is -2.38. The highest BCUT2D eigenvalue weighted by atomic mass is 16.2. The molecule has 0 aromatic heterocycles. The normalized spacial score (nSPS) is 29.8. The maximum atomic E-state index is 12.7. The van der Waals surface area contributed by atoms with Crippen LogP contribution in [0, 0.1) is 11.8 Å². The second-order valence-electron chi connectivity index (χ2n) is 7.87. The van der Waals surface area contributed by atoms with Crippen molar-refractivity contribution in [1.82, 2.24) is 14.7 Å². The second-order valence-corrected chi connectivity index (χ2v) is 7.87. The molecule has 0 N–H and O–H groups in total. The molecule has 0 aromatic rings. The molecule has 0 aromatic carbocycles. The molecular weight excluding hydrogens is 302 g/mol. The van der Waals surface area contributed by atoms with E-state index >= 15 is 0 Å². The van der Waals surface area contributed by atoms with Gasteiger partial charge in [0.05, 0.1) is 0 Å². The van der Waals surface area contributed by atoms with E-state index in [4.69, 9.17) is 0 Å². The quantitative estimate of drug-likeness (QED) is 0.766. The topological polar surface area (TPSA) is 43.9 Å². The van der Waals surface area contributed by atoms with Gasteiger partial charge in [-0.1, -0.05) is 0 Å². The number of nitrogens with zero attached hydrogens (tertiary/aromatic N) is 3. The third kappa shape index (κ3) is 4.57. The Labute approximate surface area is 146 Å². The summed E-state index contributed by atoms with van der Waals surface area (Å²) in [5.41, 5.74) is 0. The van der Waals surface area contributed by atoms with Gasteiger partial charge in [-0.2, -0.15) is 0 Å². The largest absolute Gasteiger partial charge is 0.340 e. The zero-order valence-electron chi connectivity index (χ0n) is 15.2. The number of carbonyl (C=O) groups excluding carboxylic acids is 2. The molecule has 3 fully saturated rings. The van der Waals surface area contributed by atoms with Crippen molar-refractivity contribution >= 4 is 11.7 Å². The molecule has 0 bridgehead atoms. The van der Waals surface area contributed by atoms with Crippen LogP contribution >= 0.6 is 0 Å². The number of hydrogen-bond acceptors (Lipinski definition) is 4. The molecule has 2 aliphatic heterocycles. The van der Waals surface area contributed by atoms with Crippen molar-refractivity contribution in [3.8, 4) is 0 Å². The number of likely N-dealkylation sites (tertiary alicyclic amines) is 1. The maximum Gasteiger partial charge on any atom is 0.225 e. The van der Waals surface area contributed by atoms with Gasteiger partial charge in [-0.05, 0) is 58.5 Å². The predicted molar refractivity (Wildman–Crippen MR) is 94.8 cm³/mol. The molecule has 2 heterocycles. The molecule has 1 saturated carbocycles. The highest BCUT2D eigenvalue weighted by Crippen LogP contribution is 2.30. The van der Waals surface area contributed by atoms with E-state index < -0.39 is 0 Å². The van der Waals surface area contributed by atoms with E-state index in [0.717, 1.165) is 58.4 Å². The molecule has 24 heavy (non-hydrogen) atoms. The van der Waals surface area contributed by atoms with E-state index in [1.54, 1.807) is 6.92 Å². The van der Waals surface area contributed by atoms with Gasteiger partial charge in [0.25, 0.3) is 0 Å². The highest BCUT2D eigenvalue weighted by molar-refractivity contribution is 5.81. The summed E-state index contributed by atoms with van der Waals surface area (Å²) < 4.78 is 0. The van der Waals surface area contributed by atoms with Crippen LogP contribution in [0.4, 0.5) is 0 Å². The summed E-state index contributed by atoms with van der Waals surface area (Å²) in [7, 11) is 0. The van der Waals surface area contributed by atoms with Gasteiger partial charge in [0, 0.05) is 51.1 Å². The van der Waals surface area contributed by atoms with E-state index in [1.165, 1.54) is 32.5 Å². The average Bonchev–Trinajstić information content (AvgIpc) is 3.13. The van der Waals surface area contributed by atoms with Gasteiger partial charge in [-0.25, -0.2) is 0 Å². The van der Waals surface area contributed by atoms with E-state index in [9.17, 15) is 9.59 Å². The Morgan fingerprint density at radius 3 is 1.79 bits per heavy atom. The first-order valence-electron chi connectivity index (χ1n) is 9.87. The fourth-order valence-corrected chi connectivity index (χ4v) is 4.49. The van der Waals surface area contributed by atoms with Crippen molar-refractivity contribution in [2.24, 2.45) is 11.8 Å². The molecular formula is C19H33N3O2. The van der Waals surface area contributed by atoms with Gasteiger partial charge >= 0.3 is 0 Å². The number of rotatable bonds is 5. The fraction of sp³-hybridized carbons (Fsp3) is 0.895. The monoisotopic (exact) mass is 335 g/mol. The van der Waals surface area contributed by atoms with E-state index in [0.29, 0.717) is 11.7 Å². The van der Waals surface area contributed by atoms with Gasteiger partial charge in [-0.3, -0.25) is 14.5 Å². The number of ketones is 1. The molecule has 1 amide bonds. The molecule has 0 radical (unpaired) electrons. The summed E-state index contributed by atoms with van der Waals surface area (Å²) in [5, 5.41) is 0. The number of Topliss-reactive ketones (excluding diaryl/α,β-unsaturated/α-hetero) is 1. The molecule has 2 saturated heterocycles. The Morgan fingerprint density at radius 1 is 0.750 bits per heavy atom. The number of carbonyl (C=O) groups is 2. The smallest absolute Gasteiger partial charge is 0.225 e. The molecule has 0 atom stereocenters. The van der Waals surface area contributed by atoms with Crippen molar-refractivity contribution in [3.05, 3.63) is 0 Å². The zero-order chi connectivity index (χ0) is 16.9. The fourth-order valence-electron chi connectivity index (χ4n) is 4.49. The van der Waals surface area contributed by atoms with E-state index in [1.807, 2.05) is 0 Å². The highest BCUT2D eigenvalue weighted by Gasteiger charge is 2.32. The van der Waals surface area contributed by atoms with Crippen LogP contribution in [-0.2, 0) is 9.59 Å². The third-order valence-corrected chi connectivity index (χ3v) is 6.27. The van der Waals surface area contributed by atoms with Crippen molar-refractivity contribution < 1.29 is 9.59 Å². The molecule has 0 unspecified atom stereocenters. The van der Waals surface area contributed by atoms with Crippen molar-refractivity contribution in [3.63, 3.8) is 0 Å². The second kappa shape index (κ2) is 8.43. The Hall–Kier alpha value is -0.940. The Bertz CT molecular complexity index is 432. The summed E-state index contributed by atoms with van der Waals surface area (Å²) in [6.07, 6.45) is 6.32. The lowest BCUT2D eigenvalue weighted by molar-refractivity contribution is -0.139. The molecule has 136 valence electrons. The minimum absolute atomic E-state index is 0.164. The van der Waals surface area contributed by atoms with Crippen LogP contribution < -0.4 is 0 Å². The molecule has 3 aliphatic rings. The first-order chi connectivity index (χ1) is 11.6. The molecule has 5 nitrogen and oxygen atoms in total. The predicted octanol–water partition coefficient (Wildman–Crippen LogP) is 1.62. The molecule has 0 spiro atoms.